The van der Waals surface area contributed by atoms with Crippen molar-refractivity contribution in [1.82, 2.24) is 0 Å². The highest BCUT2D eigenvalue weighted by Crippen LogP contribution is 2.41. The Hall–Kier alpha value is -0.930. The van der Waals surface area contributed by atoms with Crippen LogP contribution in [0.2, 0.25) is 0 Å². The van der Waals surface area contributed by atoms with Crippen molar-refractivity contribution in [3.05, 3.63) is 23.8 Å². The first-order valence-electron chi connectivity index (χ1n) is 5.35. The van der Waals surface area contributed by atoms with Crippen molar-refractivity contribution in [1.29, 1.82) is 0 Å². The number of methoxy groups -OCH3 is 1. The second-order valence-corrected chi connectivity index (χ2v) is 4.11. The number of para-hydroxylation sites is 1. The molecule has 1 aliphatic carbocycles. The van der Waals surface area contributed by atoms with Crippen molar-refractivity contribution >= 4 is 12.4 Å². The predicted molar refractivity (Wildman–Crippen MR) is 66.2 cm³/mol. The molecule has 0 heterocycles. The third kappa shape index (κ3) is 2.25. The Kier molecular flexibility index (Phi) is 4.44. The van der Waals surface area contributed by atoms with E-state index in [1.807, 2.05) is 12.1 Å². The van der Waals surface area contributed by atoms with Crippen LogP contribution in [0.3, 0.4) is 0 Å². The van der Waals surface area contributed by atoms with Gasteiger partial charge < -0.3 is 15.6 Å². The van der Waals surface area contributed by atoms with Crippen LogP contribution in [0, 0.1) is 5.92 Å². The van der Waals surface area contributed by atoms with Gasteiger partial charge in [0, 0.05) is 11.6 Å². The van der Waals surface area contributed by atoms with Gasteiger partial charge >= 0.3 is 0 Å². The molecule has 0 bridgehead atoms. The first-order chi connectivity index (χ1) is 7.24. The van der Waals surface area contributed by atoms with Crippen LogP contribution in [0.5, 0.6) is 11.5 Å². The van der Waals surface area contributed by atoms with Crippen molar-refractivity contribution in [2.75, 3.05) is 7.11 Å². The minimum atomic E-state index is -0.0613. The lowest BCUT2D eigenvalue weighted by Gasteiger charge is -2.31. The highest BCUT2D eigenvalue weighted by molar-refractivity contribution is 5.85. The van der Waals surface area contributed by atoms with Gasteiger partial charge in [-0.3, -0.25) is 0 Å². The summed E-state index contributed by atoms with van der Waals surface area (Å²) in [5, 5.41) is 9.92. The number of hydrogen-bond donors (Lipinski definition) is 2. The maximum atomic E-state index is 9.92. The van der Waals surface area contributed by atoms with Crippen LogP contribution in [0.15, 0.2) is 18.2 Å². The quantitative estimate of drug-likeness (QED) is 0.858. The third-order valence-corrected chi connectivity index (χ3v) is 3.27. The lowest BCUT2D eigenvalue weighted by Crippen LogP contribution is -2.26. The number of ether oxygens (including phenoxy) is 1. The van der Waals surface area contributed by atoms with E-state index in [4.69, 9.17) is 10.5 Å². The number of nitrogens with two attached hydrogens (primary N) is 1. The smallest absolute Gasteiger partial charge is 0.162 e. The maximum Gasteiger partial charge on any atom is 0.162 e. The third-order valence-electron chi connectivity index (χ3n) is 3.27. The maximum absolute atomic E-state index is 9.92. The lowest BCUT2D eigenvalue weighted by atomic mass is 9.77. The van der Waals surface area contributed by atoms with Crippen molar-refractivity contribution in [3.8, 4) is 11.5 Å². The van der Waals surface area contributed by atoms with E-state index >= 15 is 0 Å². The van der Waals surface area contributed by atoms with E-state index in [0.29, 0.717) is 11.7 Å². The second kappa shape index (κ2) is 5.41. The standard InChI is InChI=1S/C12H17NO2.ClH/c1-15-10-7-3-6-9(12(10)14)11(13)8-4-2-5-8;/h3,6-8,11,14H,2,4-5,13H2,1H3;1H/t11-;/m0./s1. The van der Waals surface area contributed by atoms with Crippen LogP contribution >= 0.6 is 12.4 Å². The molecule has 1 saturated carbocycles. The Morgan fingerprint density at radius 2 is 2.12 bits per heavy atom. The summed E-state index contributed by atoms with van der Waals surface area (Å²) >= 11 is 0. The van der Waals surface area contributed by atoms with E-state index in [9.17, 15) is 5.11 Å². The number of halogens is 1. The van der Waals surface area contributed by atoms with Gasteiger partial charge in [-0.15, -0.1) is 12.4 Å². The molecule has 0 aliphatic heterocycles. The Bertz CT molecular complexity index is 353. The molecule has 0 saturated heterocycles. The molecule has 0 aromatic heterocycles. The molecule has 1 fully saturated rings. The zero-order chi connectivity index (χ0) is 10.8. The van der Waals surface area contributed by atoms with Crippen LogP contribution in [0.4, 0.5) is 0 Å². The van der Waals surface area contributed by atoms with Crippen LogP contribution in [0.1, 0.15) is 30.9 Å². The number of phenolic OH excluding ortho intramolecular Hbond substituents is 1. The molecule has 3 nitrogen and oxygen atoms in total. The highest BCUT2D eigenvalue weighted by atomic mass is 35.5. The van der Waals surface area contributed by atoms with Gasteiger partial charge in [0.2, 0.25) is 0 Å². The summed E-state index contributed by atoms with van der Waals surface area (Å²) in [6, 6.07) is 5.42. The average Bonchev–Trinajstić information content (AvgIpc) is 2.15. The van der Waals surface area contributed by atoms with Gasteiger partial charge in [0.1, 0.15) is 0 Å². The lowest BCUT2D eigenvalue weighted by molar-refractivity contribution is 0.259. The van der Waals surface area contributed by atoms with Crippen LogP contribution in [-0.4, -0.2) is 12.2 Å². The van der Waals surface area contributed by atoms with E-state index in [2.05, 4.69) is 0 Å². The molecular formula is C12H18ClNO2. The Balaban J connectivity index is 0.00000128. The van der Waals surface area contributed by atoms with Gasteiger partial charge in [-0.2, -0.15) is 0 Å². The topological polar surface area (TPSA) is 55.5 Å². The van der Waals surface area contributed by atoms with Gasteiger partial charge in [0.25, 0.3) is 0 Å². The fraction of sp³-hybridized carbons (Fsp3) is 0.500. The predicted octanol–water partition coefficient (Wildman–Crippen LogP) is 2.62. The summed E-state index contributed by atoms with van der Waals surface area (Å²) in [5.41, 5.74) is 6.91. The van der Waals surface area contributed by atoms with Crippen LogP contribution in [0.25, 0.3) is 0 Å². The van der Waals surface area contributed by atoms with E-state index < -0.39 is 0 Å². The molecule has 0 spiro atoms. The number of aromatic hydroxyl groups is 1. The molecule has 16 heavy (non-hydrogen) atoms. The van der Waals surface area contributed by atoms with Crippen molar-refractivity contribution in [2.45, 2.75) is 25.3 Å². The molecule has 3 N–H and O–H groups in total. The molecule has 1 aliphatic rings. The molecule has 4 heteroatoms. The summed E-state index contributed by atoms with van der Waals surface area (Å²) < 4.78 is 5.06. The summed E-state index contributed by atoms with van der Waals surface area (Å²) in [6.07, 6.45) is 3.58. The Morgan fingerprint density at radius 1 is 1.44 bits per heavy atom. The summed E-state index contributed by atoms with van der Waals surface area (Å²) in [5.74, 6) is 1.21. The Morgan fingerprint density at radius 3 is 2.62 bits per heavy atom. The molecule has 2 rings (SSSR count). The van der Waals surface area contributed by atoms with E-state index in [0.717, 1.165) is 18.4 Å². The number of benzene rings is 1. The first kappa shape index (κ1) is 13.1. The monoisotopic (exact) mass is 243 g/mol. The zero-order valence-corrected chi connectivity index (χ0v) is 10.2. The van der Waals surface area contributed by atoms with E-state index in [-0.39, 0.29) is 24.2 Å². The van der Waals surface area contributed by atoms with E-state index in [1.54, 1.807) is 13.2 Å². The van der Waals surface area contributed by atoms with Gasteiger partial charge in [-0.1, -0.05) is 18.6 Å². The zero-order valence-electron chi connectivity index (χ0n) is 9.35. The fourth-order valence-electron chi connectivity index (χ4n) is 2.03. The average molecular weight is 244 g/mol. The van der Waals surface area contributed by atoms with Crippen LogP contribution in [-0.2, 0) is 0 Å². The normalized spacial score (nSPS) is 17.1. The van der Waals surface area contributed by atoms with Gasteiger partial charge in [0.15, 0.2) is 11.5 Å². The van der Waals surface area contributed by atoms with Crippen molar-refractivity contribution < 1.29 is 9.84 Å². The molecule has 1 aromatic rings. The highest BCUT2D eigenvalue weighted by Gasteiger charge is 2.27. The molecule has 90 valence electrons. The summed E-state index contributed by atoms with van der Waals surface area (Å²) in [6.45, 7) is 0. The fourth-order valence-corrected chi connectivity index (χ4v) is 2.03. The molecule has 1 aromatic carbocycles. The number of phenols is 1. The largest absolute Gasteiger partial charge is 0.504 e. The molecular weight excluding hydrogens is 226 g/mol. The summed E-state index contributed by atoms with van der Waals surface area (Å²) in [7, 11) is 1.55. The van der Waals surface area contributed by atoms with Gasteiger partial charge in [-0.05, 0) is 24.8 Å². The van der Waals surface area contributed by atoms with Crippen LogP contribution < -0.4 is 10.5 Å². The van der Waals surface area contributed by atoms with Gasteiger partial charge in [0.05, 0.1) is 7.11 Å². The first-order valence-corrected chi connectivity index (χ1v) is 5.35. The number of hydrogen-bond acceptors (Lipinski definition) is 3. The minimum Gasteiger partial charge on any atom is -0.504 e. The molecule has 0 radical (unpaired) electrons. The summed E-state index contributed by atoms with van der Waals surface area (Å²) in [4.78, 5) is 0. The molecule has 0 amide bonds. The number of rotatable bonds is 3. The van der Waals surface area contributed by atoms with E-state index in [1.165, 1.54) is 6.42 Å². The van der Waals surface area contributed by atoms with Gasteiger partial charge in [-0.25, -0.2) is 0 Å². The van der Waals surface area contributed by atoms with Crippen molar-refractivity contribution in [2.24, 2.45) is 11.7 Å². The minimum absolute atomic E-state index is 0. The SMILES string of the molecule is COc1cccc([C@@H](N)C2CCC2)c1O.Cl. The second-order valence-electron chi connectivity index (χ2n) is 4.11. The Labute approximate surface area is 102 Å². The molecule has 1 atom stereocenters. The molecule has 0 unspecified atom stereocenters. The van der Waals surface area contributed by atoms with Crippen molar-refractivity contribution in [3.63, 3.8) is 0 Å².